The highest BCUT2D eigenvalue weighted by atomic mass is 32.2. The molecule has 3 aromatic carbocycles. The lowest BCUT2D eigenvalue weighted by Gasteiger charge is -2.11. The summed E-state index contributed by atoms with van der Waals surface area (Å²) in [5.74, 6) is 1.27. The Morgan fingerprint density at radius 3 is 1.91 bits per heavy atom. The minimum absolute atomic E-state index is 0.225. The molecule has 0 saturated heterocycles. The molecule has 0 bridgehead atoms. The summed E-state index contributed by atoms with van der Waals surface area (Å²) >= 11 is 0. The third-order valence-corrected chi connectivity index (χ3v) is 5.48. The normalized spacial score (nSPS) is 11.4. The third kappa shape index (κ3) is 2.64. The van der Waals surface area contributed by atoms with Gasteiger partial charge in [-0.2, -0.15) is 0 Å². The second-order valence-electron chi connectivity index (χ2n) is 4.99. The van der Waals surface area contributed by atoms with Crippen molar-refractivity contribution in [3.8, 4) is 11.5 Å². The lowest BCUT2D eigenvalue weighted by atomic mass is 10.1. The van der Waals surface area contributed by atoms with Crippen LogP contribution in [0.2, 0.25) is 0 Å². The summed E-state index contributed by atoms with van der Waals surface area (Å²) in [4.78, 5) is 0.490. The van der Waals surface area contributed by atoms with E-state index < -0.39 is 9.84 Å². The van der Waals surface area contributed by atoms with Gasteiger partial charge in [-0.05, 0) is 42.5 Å². The number of methoxy groups -OCH3 is 2. The van der Waals surface area contributed by atoms with E-state index in [2.05, 4.69) is 0 Å². The third-order valence-electron chi connectivity index (χ3n) is 3.71. The number of fused-ring (bicyclic) bond motifs is 1. The molecule has 118 valence electrons. The van der Waals surface area contributed by atoms with Crippen LogP contribution in [-0.4, -0.2) is 22.6 Å². The molecule has 5 heteroatoms. The Bertz CT molecular complexity index is 947. The summed E-state index contributed by atoms with van der Waals surface area (Å²) in [5.41, 5.74) is 0. The second-order valence-corrected chi connectivity index (χ2v) is 6.94. The van der Waals surface area contributed by atoms with E-state index in [1.807, 2.05) is 0 Å². The minimum atomic E-state index is -3.57. The fourth-order valence-corrected chi connectivity index (χ4v) is 3.84. The molecular weight excluding hydrogens is 312 g/mol. The van der Waals surface area contributed by atoms with Crippen LogP contribution >= 0.6 is 0 Å². The van der Waals surface area contributed by atoms with Gasteiger partial charge in [0.15, 0.2) is 0 Å². The number of ether oxygens (including phenoxy) is 2. The van der Waals surface area contributed by atoms with E-state index in [0.29, 0.717) is 16.9 Å². The number of sulfone groups is 1. The van der Waals surface area contributed by atoms with Crippen LogP contribution in [0.3, 0.4) is 0 Å². The molecule has 0 radical (unpaired) electrons. The summed E-state index contributed by atoms with van der Waals surface area (Å²) in [6.45, 7) is 0. The van der Waals surface area contributed by atoms with Crippen LogP contribution < -0.4 is 9.47 Å². The van der Waals surface area contributed by atoms with Crippen LogP contribution in [0.1, 0.15) is 0 Å². The predicted octanol–water partition coefficient (Wildman–Crippen LogP) is 3.69. The van der Waals surface area contributed by atoms with Gasteiger partial charge in [0.25, 0.3) is 0 Å². The average Bonchev–Trinajstić information content (AvgIpc) is 2.61. The molecule has 23 heavy (non-hydrogen) atoms. The summed E-state index contributed by atoms with van der Waals surface area (Å²) in [6, 6.07) is 16.9. The molecule has 0 saturated carbocycles. The van der Waals surface area contributed by atoms with Crippen molar-refractivity contribution < 1.29 is 17.9 Å². The molecule has 4 nitrogen and oxygen atoms in total. The smallest absolute Gasteiger partial charge is 0.206 e. The Hall–Kier alpha value is -2.53. The Balaban J connectivity index is 2.25. The molecule has 0 amide bonds. The highest BCUT2D eigenvalue weighted by Crippen LogP contribution is 2.35. The molecule has 3 aromatic rings. The van der Waals surface area contributed by atoms with Gasteiger partial charge < -0.3 is 9.47 Å². The van der Waals surface area contributed by atoms with Crippen molar-refractivity contribution in [3.05, 3.63) is 60.7 Å². The van der Waals surface area contributed by atoms with Crippen molar-refractivity contribution in [1.82, 2.24) is 0 Å². The maximum absolute atomic E-state index is 12.8. The average molecular weight is 328 g/mol. The number of hydrogen-bond acceptors (Lipinski definition) is 4. The van der Waals surface area contributed by atoms with Crippen LogP contribution in [0.4, 0.5) is 0 Å². The first kappa shape index (κ1) is 15.4. The van der Waals surface area contributed by atoms with Crippen LogP contribution in [-0.2, 0) is 9.84 Å². The van der Waals surface area contributed by atoms with Crippen molar-refractivity contribution in [2.24, 2.45) is 0 Å². The lowest BCUT2D eigenvalue weighted by Crippen LogP contribution is -2.02. The minimum Gasteiger partial charge on any atom is -0.496 e. The molecular formula is C18H16O4S. The van der Waals surface area contributed by atoms with E-state index in [-0.39, 0.29) is 9.79 Å². The first-order valence-corrected chi connectivity index (χ1v) is 8.51. The van der Waals surface area contributed by atoms with Crippen LogP contribution in [0.25, 0.3) is 10.8 Å². The van der Waals surface area contributed by atoms with Crippen molar-refractivity contribution in [1.29, 1.82) is 0 Å². The van der Waals surface area contributed by atoms with Gasteiger partial charge in [0.2, 0.25) is 9.84 Å². The molecule has 0 N–H and O–H groups in total. The fourth-order valence-electron chi connectivity index (χ4n) is 2.53. The van der Waals surface area contributed by atoms with E-state index >= 15 is 0 Å². The zero-order valence-corrected chi connectivity index (χ0v) is 13.6. The molecule has 0 atom stereocenters. The summed E-state index contributed by atoms with van der Waals surface area (Å²) in [6.07, 6.45) is 0. The topological polar surface area (TPSA) is 52.6 Å². The molecule has 0 aliphatic heterocycles. The van der Waals surface area contributed by atoms with Crippen LogP contribution in [0, 0.1) is 0 Å². The largest absolute Gasteiger partial charge is 0.496 e. The monoisotopic (exact) mass is 328 g/mol. The number of hydrogen-bond donors (Lipinski definition) is 0. The van der Waals surface area contributed by atoms with Gasteiger partial charge in [-0.15, -0.1) is 0 Å². The van der Waals surface area contributed by atoms with Gasteiger partial charge in [-0.25, -0.2) is 8.42 Å². The molecule has 0 aromatic heterocycles. The Kier molecular flexibility index (Phi) is 3.96. The van der Waals surface area contributed by atoms with Gasteiger partial charge in [-0.3, -0.25) is 0 Å². The first-order chi connectivity index (χ1) is 11.1. The van der Waals surface area contributed by atoms with Gasteiger partial charge in [0, 0.05) is 10.8 Å². The fraction of sp³-hybridized carbons (Fsp3) is 0.111. The Morgan fingerprint density at radius 2 is 1.30 bits per heavy atom. The molecule has 0 fully saturated rings. The van der Waals surface area contributed by atoms with Crippen LogP contribution in [0.15, 0.2) is 70.5 Å². The van der Waals surface area contributed by atoms with Gasteiger partial charge >= 0.3 is 0 Å². The molecule has 3 rings (SSSR count). The van der Waals surface area contributed by atoms with Crippen molar-refractivity contribution in [3.63, 3.8) is 0 Å². The maximum atomic E-state index is 12.8. The quantitative estimate of drug-likeness (QED) is 0.733. The summed E-state index contributed by atoms with van der Waals surface area (Å²) in [5, 5.41) is 1.50. The summed E-state index contributed by atoms with van der Waals surface area (Å²) in [7, 11) is -0.437. The van der Waals surface area contributed by atoms with Gasteiger partial charge in [-0.1, -0.05) is 18.2 Å². The molecule has 0 unspecified atom stereocenters. The number of benzene rings is 3. The first-order valence-electron chi connectivity index (χ1n) is 7.03. The zero-order chi connectivity index (χ0) is 16.4. The zero-order valence-electron chi connectivity index (χ0n) is 12.8. The van der Waals surface area contributed by atoms with E-state index in [1.54, 1.807) is 74.9 Å². The predicted molar refractivity (Wildman–Crippen MR) is 88.9 cm³/mol. The maximum Gasteiger partial charge on any atom is 0.206 e. The Labute approximate surface area is 135 Å². The van der Waals surface area contributed by atoms with Crippen molar-refractivity contribution in [2.45, 2.75) is 9.79 Å². The lowest BCUT2D eigenvalue weighted by molar-refractivity contribution is 0.410. The van der Waals surface area contributed by atoms with E-state index in [9.17, 15) is 8.42 Å². The van der Waals surface area contributed by atoms with Crippen LogP contribution in [0.5, 0.6) is 11.5 Å². The second kappa shape index (κ2) is 5.93. The summed E-state index contributed by atoms with van der Waals surface area (Å²) < 4.78 is 36.2. The highest BCUT2D eigenvalue weighted by Gasteiger charge is 2.19. The Morgan fingerprint density at radius 1 is 0.696 bits per heavy atom. The molecule has 0 heterocycles. The number of rotatable bonds is 4. The van der Waals surface area contributed by atoms with Crippen molar-refractivity contribution >= 4 is 20.6 Å². The SMILES string of the molecule is COc1ccc(OC)c2cc(S(=O)(=O)c3ccccc3)ccc12. The van der Waals surface area contributed by atoms with Crippen molar-refractivity contribution in [2.75, 3.05) is 14.2 Å². The van der Waals surface area contributed by atoms with Gasteiger partial charge in [0.05, 0.1) is 24.0 Å². The van der Waals surface area contributed by atoms with E-state index in [0.717, 1.165) is 5.39 Å². The molecule has 0 spiro atoms. The van der Waals surface area contributed by atoms with E-state index in [4.69, 9.17) is 9.47 Å². The highest BCUT2D eigenvalue weighted by molar-refractivity contribution is 7.91. The standard InChI is InChI=1S/C18H16O4S/c1-21-17-10-11-18(22-2)16-12-14(8-9-15(16)17)23(19,20)13-6-4-3-5-7-13/h3-12H,1-2H3. The van der Waals surface area contributed by atoms with Gasteiger partial charge in [0.1, 0.15) is 11.5 Å². The molecule has 0 aliphatic carbocycles. The van der Waals surface area contributed by atoms with E-state index in [1.165, 1.54) is 0 Å². The molecule has 0 aliphatic rings.